The molecule has 0 saturated carbocycles. The molecule has 0 atom stereocenters. The van der Waals surface area contributed by atoms with Crippen LogP contribution in [0.15, 0.2) is 20.4 Å². The van der Waals surface area contributed by atoms with Crippen LogP contribution in [0.5, 0.6) is 0 Å². The van der Waals surface area contributed by atoms with E-state index in [2.05, 4.69) is 42.2 Å². The van der Waals surface area contributed by atoms with Gasteiger partial charge >= 0.3 is 0 Å². The first-order chi connectivity index (χ1) is 6.77. The molecular formula is C7H7BrN4S2. The Hall–Kier alpha value is -0.400. The lowest BCUT2D eigenvalue weighted by Gasteiger charge is -1.97. The minimum absolute atomic E-state index is 0.836. The van der Waals surface area contributed by atoms with Gasteiger partial charge in [-0.15, -0.1) is 5.10 Å². The highest BCUT2D eigenvalue weighted by atomic mass is 79.9. The maximum Gasteiger partial charge on any atom is 0.209 e. The molecule has 0 aliphatic heterocycles. The highest BCUT2D eigenvalue weighted by Crippen LogP contribution is 2.27. The summed E-state index contributed by atoms with van der Waals surface area (Å²) in [5.41, 5.74) is 1.28. The van der Waals surface area contributed by atoms with Crippen LogP contribution in [0, 0.1) is 0 Å². The second kappa shape index (κ2) is 4.41. The van der Waals surface area contributed by atoms with Crippen molar-refractivity contribution in [3.63, 3.8) is 0 Å². The van der Waals surface area contributed by atoms with Gasteiger partial charge in [-0.05, 0) is 37.3 Å². The van der Waals surface area contributed by atoms with Crippen molar-refractivity contribution in [3.05, 3.63) is 20.8 Å². The van der Waals surface area contributed by atoms with Crippen LogP contribution in [0.1, 0.15) is 5.56 Å². The van der Waals surface area contributed by atoms with E-state index in [4.69, 9.17) is 0 Å². The van der Waals surface area contributed by atoms with E-state index in [0.717, 1.165) is 15.4 Å². The van der Waals surface area contributed by atoms with Crippen LogP contribution in [0.25, 0.3) is 0 Å². The average Bonchev–Trinajstić information content (AvgIpc) is 2.72. The molecule has 2 rings (SSSR count). The number of rotatable bonds is 3. The Labute approximate surface area is 97.8 Å². The van der Waals surface area contributed by atoms with E-state index in [-0.39, 0.29) is 0 Å². The second-order valence-corrected chi connectivity index (χ2v) is 5.16. The highest BCUT2D eigenvalue weighted by Gasteiger charge is 2.05. The Kier molecular flexibility index (Phi) is 3.19. The first-order valence-electron chi connectivity index (χ1n) is 3.83. The highest BCUT2D eigenvalue weighted by molar-refractivity contribution is 9.10. The molecule has 0 aliphatic carbocycles. The standard InChI is InChI=1S/C7H7BrN4S2/c1-12-7(9-10-11-12)14-3-5-2-13-4-6(5)8/h2,4H,3H2,1H3. The summed E-state index contributed by atoms with van der Waals surface area (Å²) in [6, 6.07) is 0. The van der Waals surface area contributed by atoms with Gasteiger partial charge in [0.05, 0.1) is 0 Å². The predicted molar refractivity (Wildman–Crippen MR) is 60.4 cm³/mol. The fourth-order valence-corrected chi connectivity index (χ4v) is 3.47. The number of aryl methyl sites for hydroxylation is 1. The topological polar surface area (TPSA) is 43.6 Å². The number of tetrazole rings is 1. The quantitative estimate of drug-likeness (QED) is 0.814. The number of aromatic nitrogens is 4. The smallest absolute Gasteiger partial charge is 0.209 e. The van der Waals surface area contributed by atoms with Crippen LogP contribution >= 0.6 is 39.0 Å². The molecule has 0 unspecified atom stereocenters. The van der Waals surface area contributed by atoms with E-state index in [1.807, 2.05) is 7.05 Å². The second-order valence-electron chi connectivity index (χ2n) is 2.62. The van der Waals surface area contributed by atoms with Gasteiger partial charge in [0, 0.05) is 22.7 Å². The van der Waals surface area contributed by atoms with E-state index in [9.17, 15) is 0 Å². The Balaban J connectivity index is 2.02. The fourth-order valence-electron chi connectivity index (χ4n) is 0.897. The van der Waals surface area contributed by atoms with Gasteiger partial charge in [0.25, 0.3) is 0 Å². The van der Waals surface area contributed by atoms with Gasteiger partial charge in [0.1, 0.15) is 0 Å². The maximum atomic E-state index is 3.90. The Bertz CT molecular complexity index is 385. The fraction of sp³-hybridized carbons (Fsp3) is 0.286. The third-order valence-corrected chi connectivity index (χ3v) is 4.52. The van der Waals surface area contributed by atoms with Gasteiger partial charge < -0.3 is 0 Å². The van der Waals surface area contributed by atoms with Crippen LogP contribution in [0.2, 0.25) is 0 Å². The van der Waals surface area contributed by atoms with Crippen molar-refractivity contribution in [1.29, 1.82) is 0 Å². The molecule has 0 amide bonds. The molecule has 2 heterocycles. The van der Waals surface area contributed by atoms with E-state index in [1.54, 1.807) is 27.8 Å². The molecule has 4 nitrogen and oxygen atoms in total. The molecule has 0 aromatic carbocycles. The lowest BCUT2D eigenvalue weighted by atomic mass is 10.4. The average molecular weight is 291 g/mol. The minimum Gasteiger partial charge on any atom is -0.224 e. The Morgan fingerprint density at radius 2 is 2.43 bits per heavy atom. The molecular weight excluding hydrogens is 284 g/mol. The zero-order valence-electron chi connectivity index (χ0n) is 7.35. The lowest BCUT2D eigenvalue weighted by molar-refractivity contribution is 0.664. The van der Waals surface area contributed by atoms with E-state index in [0.29, 0.717) is 0 Å². The maximum absolute atomic E-state index is 3.90. The zero-order valence-corrected chi connectivity index (χ0v) is 10.6. The van der Waals surface area contributed by atoms with Crippen LogP contribution in [-0.2, 0) is 12.8 Å². The third-order valence-electron chi connectivity index (χ3n) is 1.63. The van der Waals surface area contributed by atoms with E-state index >= 15 is 0 Å². The number of nitrogens with zero attached hydrogens (tertiary/aromatic N) is 4. The van der Waals surface area contributed by atoms with Crippen molar-refractivity contribution >= 4 is 39.0 Å². The number of hydrogen-bond donors (Lipinski definition) is 0. The van der Waals surface area contributed by atoms with Crippen molar-refractivity contribution in [2.75, 3.05) is 0 Å². The van der Waals surface area contributed by atoms with Crippen molar-refractivity contribution in [2.45, 2.75) is 10.9 Å². The lowest BCUT2D eigenvalue weighted by Crippen LogP contribution is -1.93. The molecule has 7 heteroatoms. The number of thiophene rings is 1. The molecule has 0 radical (unpaired) electrons. The van der Waals surface area contributed by atoms with Crippen LogP contribution in [0.4, 0.5) is 0 Å². The summed E-state index contributed by atoms with van der Waals surface area (Å²) in [5, 5.41) is 16.3. The van der Waals surface area contributed by atoms with Gasteiger partial charge in [-0.3, -0.25) is 0 Å². The molecule has 2 aromatic heterocycles. The normalized spacial score (nSPS) is 10.7. The predicted octanol–water partition coefficient (Wildman–Crippen LogP) is 2.33. The molecule has 2 aromatic rings. The molecule has 0 fully saturated rings. The number of thioether (sulfide) groups is 1. The molecule has 0 bridgehead atoms. The zero-order chi connectivity index (χ0) is 9.97. The molecule has 0 N–H and O–H groups in total. The summed E-state index contributed by atoms with van der Waals surface area (Å²) >= 11 is 6.81. The van der Waals surface area contributed by atoms with Crippen LogP contribution in [0.3, 0.4) is 0 Å². The largest absolute Gasteiger partial charge is 0.224 e. The van der Waals surface area contributed by atoms with Gasteiger partial charge in [-0.1, -0.05) is 11.8 Å². The van der Waals surface area contributed by atoms with Gasteiger partial charge in [-0.2, -0.15) is 11.3 Å². The van der Waals surface area contributed by atoms with Crippen molar-refractivity contribution in [1.82, 2.24) is 20.2 Å². The Morgan fingerprint density at radius 1 is 1.57 bits per heavy atom. The molecule has 74 valence electrons. The first kappa shape index (κ1) is 10.1. The molecule has 0 aliphatic rings. The molecule has 14 heavy (non-hydrogen) atoms. The van der Waals surface area contributed by atoms with Crippen molar-refractivity contribution in [2.24, 2.45) is 7.05 Å². The van der Waals surface area contributed by atoms with Crippen molar-refractivity contribution in [3.8, 4) is 0 Å². The summed E-state index contributed by atoms with van der Waals surface area (Å²) in [4.78, 5) is 0. The van der Waals surface area contributed by atoms with Gasteiger partial charge in [0.2, 0.25) is 5.16 Å². The monoisotopic (exact) mass is 290 g/mol. The summed E-state index contributed by atoms with van der Waals surface area (Å²) in [6.45, 7) is 0. The number of hydrogen-bond acceptors (Lipinski definition) is 5. The number of halogens is 1. The third kappa shape index (κ3) is 2.15. The molecule has 0 spiro atoms. The summed E-state index contributed by atoms with van der Waals surface area (Å²) in [5.74, 6) is 0.887. The first-order valence-corrected chi connectivity index (χ1v) is 6.55. The van der Waals surface area contributed by atoms with Crippen LogP contribution < -0.4 is 0 Å². The van der Waals surface area contributed by atoms with E-state index < -0.39 is 0 Å². The van der Waals surface area contributed by atoms with Gasteiger partial charge in [-0.25, -0.2) is 4.68 Å². The SMILES string of the molecule is Cn1nnnc1SCc1cscc1Br. The van der Waals surface area contributed by atoms with Gasteiger partial charge in [0.15, 0.2) is 0 Å². The Morgan fingerprint density at radius 3 is 3.00 bits per heavy atom. The van der Waals surface area contributed by atoms with E-state index in [1.165, 1.54) is 5.56 Å². The van der Waals surface area contributed by atoms with Crippen LogP contribution in [-0.4, -0.2) is 20.2 Å². The molecule has 0 saturated heterocycles. The summed E-state index contributed by atoms with van der Waals surface area (Å²) in [6.07, 6.45) is 0. The van der Waals surface area contributed by atoms with Crippen molar-refractivity contribution < 1.29 is 0 Å². The summed E-state index contributed by atoms with van der Waals surface area (Å²) in [7, 11) is 1.84. The minimum atomic E-state index is 0.836. The summed E-state index contributed by atoms with van der Waals surface area (Å²) < 4.78 is 2.83.